The van der Waals surface area contributed by atoms with E-state index in [4.69, 9.17) is 9.26 Å². The summed E-state index contributed by atoms with van der Waals surface area (Å²) in [6.07, 6.45) is 0. The van der Waals surface area contributed by atoms with Gasteiger partial charge in [-0.1, -0.05) is 53.7 Å². The van der Waals surface area contributed by atoms with E-state index < -0.39 is 5.76 Å². The van der Waals surface area contributed by atoms with Gasteiger partial charge < -0.3 is 10.1 Å². The number of nitrogens with zero attached hydrogens (tertiary/aromatic N) is 2. The third kappa shape index (κ3) is 4.41. The Morgan fingerprint density at radius 2 is 1.52 bits per heavy atom. The number of carbonyl (C=O) groups is 1. The van der Waals surface area contributed by atoms with Gasteiger partial charge in [-0.25, -0.2) is 9.36 Å². The molecule has 0 spiro atoms. The van der Waals surface area contributed by atoms with Crippen LogP contribution in [-0.4, -0.2) is 15.6 Å². The lowest BCUT2D eigenvalue weighted by molar-refractivity contribution is -0.116. The molecule has 29 heavy (non-hydrogen) atoms. The van der Waals surface area contributed by atoms with Gasteiger partial charge in [-0.05, 0) is 36.4 Å². The highest BCUT2D eigenvalue weighted by atomic mass is 16.5. The van der Waals surface area contributed by atoms with Gasteiger partial charge in [-0.3, -0.25) is 9.32 Å². The zero-order valence-electron chi connectivity index (χ0n) is 15.3. The molecule has 0 saturated carbocycles. The fourth-order valence-corrected chi connectivity index (χ4v) is 2.78. The molecule has 1 aromatic heterocycles. The molecule has 0 bridgehead atoms. The molecule has 0 saturated heterocycles. The van der Waals surface area contributed by atoms with Crippen molar-refractivity contribution in [1.29, 1.82) is 0 Å². The molecule has 7 nitrogen and oxygen atoms in total. The molecule has 7 heteroatoms. The number of hydrogen-bond acceptors (Lipinski definition) is 5. The summed E-state index contributed by atoms with van der Waals surface area (Å²) in [7, 11) is 0. The molecule has 0 aliphatic rings. The Morgan fingerprint density at radius 3 is 2.21 bits per heavy atom. The van der Waals surface area contributed by atoms with Crippen molar-refractivity contribution in [2.45, 2.75) is 6.54 Å². The van der Waals surface area contributed by atoms with Crippen molar-refractivity contribution in [3.63, 3.8) is 0 Å². The van der Waals surface area contributed by atoms with E-state index in [1.165, 1.54) is 4.57 Å². The maximum atomic E-state index is 12.4. The van der Waals surface area contributed by atoms with Crippen molar-refractivity contribution >= 4 is 11.6 Å². The summed E-state index contributed by atoms with van der Waals surface area (Å²) in [5.74, 6) is 0.618. The monoisotopic (exact) mass is 387 g/mol. The predicted molar refractivity (Wildman–Crippen MR) is 108 cm³/mol. The minimum Gasteiger partial charge on any atom is -0.457 e. The van der Waals surface area contributed by atoms with Crippen LogP contribution in [0.3, 0.4) is 0 Å². The van der Waals surface area contributed by atoms with E-state index in [1.54, 1.807) is 36.4 Å². The lowest BCUT2D eigenvalue weighted by atomic mass is 10.2. The zero-order chi connectivity index (χ0) is 20.1. The first kappa shape index (κ1) is 18.2. The number of carbonyl (C=O) groups excluding carboxylic acids is 1. The number of anilines is 1. The third-order valence-electron chi connectivity index (χ3n) is 4.14. The Balaban J connectivity index is 1.43. The van der Waals surface area contributed by atoms with Crippen LogP contribution in [0.1, 0.15) is 0 Å². The minimum atomic E-state index is -0.689. The normalized spacial score (nSPS) is 10.5. The first-order valence-electron chi connectivity index (χ1n) is 8.94. The molecule has 1 heterocycles. The Morgan fingerprint density at radius 1 is 0.897 bits per heavy atom. The Hall–Kier alpha value is -4.13. The minimum absolute atomic E-state index is 0.213. The van der Waals surface area contributed by atoms with Crippen molar-refractivity contribution in [3.05, 3.63) is 95.5 Å². The summed E-state index contributed by atoms with van der Waals surface area (Å²) in [5, 5.41) is 6.53. The average molecular weight is 387 g/mol. The Labute approximate surface area is 166 Å². The molecule has 0 atom stereocenters. The Bertz CT molecular complexity index is 1150. The second-order valence-corrected chi connectivity index (χ2v) is 6.21. The number of hydrogen-bond donors (Lipinski definition) is 1. The van der Waals surface area contributed by atoms with E-state index in [0.717, 1.165) is 5.75 Å². The summed E-state index contributed by atoms with van der Waals surface area (Å²) in [6, 6.07) is 25.4. The van der Waals surface area contributed by atoms with Crippen LogP contribution in [0.4, 0.5) is 5.69 Å². The number of nitrogens with one attached hydrogen (secondary N) is 1. The molecule has 0 fully saturated rings. The summed E-state index contributed by atoms with van der Waals surface area (Å²) in [4.78, 5) is 24.4. The molecular weight excluding hydrogens is 370 g/mol. The summed E-state index contributed by atoms with van der Waals surface area (Å²) < 4.78 is 11.7. The molecular formula is C22H17N3O4. The third-order valence-corrected chi connectivity index (χ3v) is 4.14. The SMILES string of the molecule is O=C(Cn1c(-c2ccccc2)noc1=O)Nc1ccc(Oc2ccccc2)cc1. The number of para-hydroxylation sites is 1. The van der Waals surface area contributed by atoms with Gasteiger partial charge in [0.05, 0.1) is 0 Å². The molecule has 3 aromatic carbocycles. The second-order valence-electron chi connectivity index (χ2n) is 6.21. The van der Waals surface area contributed by atoms with E-state index in [9.17, 15) is 9.59 Å². The number of amides is 1. The van der Waals surface area contributed by atoms with Crippen LogP contribution >= 0.6 is 0 Å². The highest BCUT2D eigenvalue weighted by molar-refractivity contribution is 5.90. The fraction of sp³-hybridized carbons (Fsp3) is 0.0455. The van der Waals surface area contributed by atoms with Crippen LogP contribution in [0.25, 0.3) is 11.4 Å². The smallest absolute Gasteiger partial charge is 0.442 e. The van der Waals surface area contributed by atoms with Crippen LogP contribution in [-0.2, 0) is 11.3 Å². The second kappa shape index (κ2) is 8.26. The first-order chi connectivity index (χ1) is 14.2. The van der Waals surface area contributed by atoms with Gasteiger partial charge in [0, 0.05) is 11.3 Å². The van der Waals surface area contributed by atoms with E-state index in [0.29, 0.717) is 22.8 Å². The van der Waals surface area contributed by atoms with Gasteiger partial charge in [0.2, 0.25) is 5.91 Å². The molecule has 0 unspecified atom stereocenters. The molecule has 1 amide bonds. The fourth-order valence-electron chi connectivity index (χ4n) is 2.78. The van der Waals surface area contributed by atoms with Gasteiger partial charge in [-0.15, -0.1) is 0 Å². The van der Waals surface area contributed by atoms with Gasteiger partial charge in [0.15, 0.2) is 5.82 Å². The van der Waals surface area contributed by atoms with Gasteiger partial charge in [-0.2, -0.15) is 0 Å². The quantitative estimate of drug-likeness (QED) is 0.542. The lowest BCUT2D eigenvalue weighted by Gasteiger charge is -2.09. The predicted octanol–water partition coefficient (Wildman–Crippen LogP) is 3.93. The number of ether oxygens (including phenoxy) is 1. The standard InChI is InChI=1S/C22H17N3O4/c26-20(15-25-21(24-29-22(25)27)16-7-3-1-4-8-16)23-17-11-13-19(14-12-17)28-18-9-5-2-6-10-18/h1-14H,15H2,(H,23,26). The maximum Gasteiger partial charge on any atom is 0.442 e. The highest BCUT2D eigenvalue weighted by Gasteiger charge is 2.15. The number of benzene rings is 3. The first-order valence-corrected chi connectivity index (χ1v) is 8.94. The van der Waals surface area contributed by atoms with Crippen molar-refractivity contribution in [2.75, 3.05) is 5.32 Å². The van der Waals surface area contributed by atoms with Crippen LogP contribution in [0, 0.1) is 0 Å². The van der Waals surface area contributed by atoms with Crippen molar-refractivity contribution in [1.82, 2.24) is 9.72 Å². The molecule has 0 radical (unpaired) electrons. The largest absolute Gasteiger partial charge is 0.457 e. The van der Waals surface area contributed by atoms with Crippen molar-refractivity contribution in [2.24, 2.45) is 0 Å². The highest BCUT2D eigenvalue weighted by Crippen LogP contribution is 2.22. The molecule has 4 aromatic rings. The van der Waals surface area contributed by atoms with Gasteiger partial charge in [0.1, 0.15) is 18.0 Å². The van der Waals surface area contributed by atoms with Crippen molar-refractivity contribution in [3.8, 4) is 22.9 Å². The van der Waals surface area contributed by atoms with Crippen LogP contribution in [0.5, 0.6) is 11.5 Å². The van der Waals surface area contributed by atoms with Gasteiger partial charge >= 0.3 is 5.76 Å². The average Bonchev–Trinajstić information content (AvgIpc) is 3.11. The number of aromatic nitrogens is 2. The molecule has 0 aliphatic heterocycles. The Kier molecular flexibility index (Phi) is 5.20. The maximum absolute atomic E-state index is 12.4. The molecule has 0 aliphatic carbocycles. The summed E-state index contributed by atoms with van der Waals surface area (Å²) in [5.41, 5.74) is 1.27. The number of rotatable bonds is 6. The van der Waals surface area contributed by atoms with E-state index in [-0.39, 0.29) is 12.5 Å². The topological polar surface area (TPSA) is 86.4 Å². The molecule has 1 N–H and O–H groups in total. The van der Waals surface area contributed by atoms with Gasteiger partial charge in [0.25, 0.3) is 0 Å². The molecule has 144 valence electrons. The van der Waals surface area contributed by atoms with E-state index in [1.807, 2.05) is 48.5 Å². The van der Waals surface area contributed by atoms with Crippen LogP contribution in [0.2, 0.25) is 0 Å². The van der Waals surface area contributed by atoms with E-state index >= 15 is 0 Å². The summed E-state index contributed by atoms with van der Waals surface area (Å²) >= 11 is 0. The van der Waals surface area contributed by atoms with Crippen LogP contribution < -0.4 is 15.8 Å². The molecule has 4 rings (SSSR count). The zero-order valence-corrected chi connectivity index (χ0v) is 15.3. The van der Waals surface area contributed by atoms with Crippen molar-refractivity contribution < 1.29 is 14.1 Å². The van der Waals surface area contributed by atoms with E-state index in [2.05, 4.69) is 10.5 Å². The van der Waals surface area contributed by atoms with Crippen LogP contribution in [0.15, 0.2) is 94.2 Å². The lowest BCUT2D eigenvalue weighted by Crippen LogP contribution is -2.25. The summed E-state index contributed by atoms with van der Waals surface area (Å²) in [6.45, 7) is -0.213.